The van der Waals surface area contributed by atoms with E-state index in [0.717, 1.165) is 40.9 Å². The van der Waals surface area contributed by atoms with Crippen LogP contribution in [0.2, 0.25) is 0 Å². The third-order valence-corrected chi connectivity index (χ3v) is 13.1. The molecule has 4 fully saturated rings. The number of carbonyl (C=O) groups excluding carboxylic acids is 2. The predicted octanol–water partition coefficient (Wildman–Crippen LogP) is 4.51. The van der Waals surface area contributed by atoms with Gasteiger partial charge in [-0.15, -0.1) is 0 Å². The number of hydrogen-bond acceptors (Lipinski definition) is 9. The van der Waals surface area contributed by atoms with Crippen LogP contribution in [0.25, 0.3) is 0 Å². The Morgan fingerprint density at radius 3 is 2.65 bits per heavy atom. The summed E-state index contributed by atoms with van der Waals surface area (Å²) in [7, 11) is -4.96. The molecule has 49 heavy (non-hydrogen) atoms. The molecule has 9 atom stereocenters. The lowest BCUT2D eigenvalue weighted by Gasteiger charge is -2.59. The summed E-state index contributed by atoms with van der Waals surface area (Å²) >= 11 is 0. The van der Waals surface area contributed by atoms with Gasteiger partial charge in [0.2, 0.25) is 0 Å². The maximum atomic E-state index is 14.3. The molecular formula is C37H42NO10P. The minimum Gasteiger partial charge on any atom is -0.491 e. The zero-order valence-electron chi connectivity index (χ0n) is 27.5. The molecule has 2 aromatic rings. The van der Waals surface area contributed by atoms with Crippen molar-refractivity contribution >= 4 is 25.1 Å². The number of ketones is 2. The van der Waals surface area contributed by atoms with Gasteiger partial charge in [0, 0.05) is 34.3 Å². The van der Waals surface area contributed by atoms with Crippen molar-refractivity contribution in [2.75, 3.05) is 18.9 Å². The van der Waals surface area contributed by atoms with Gasteiger partial charge in [-0.1, -0.05) is 55.8 Å². The first-order valence-electron chi connectivity index (χ1n) is 17.0. The Morgan fingerprint density at radius 1 is 1.12 bits per heavy atom. The monoisotopic (exact) mass is 691 g/mol. The number of Topliss-reactive ketones (excluding diaryl/α,β-unsaturated/α-hetero) is 1. The van der Waals surface area contributed by atoms with E-state index in [1.54, 1.807) is 12.2 Å². The van der Waals surface area contributed by atoms with E-state index in [1.165, 1.54) is 0 Å². The summed E-state index contributed by atoms with van der Waals surface area (Å²) in [5.41, 5.74) is 8.78. The molecule has 4 aliphatic carbocycles. The second-order valence-corrected chi connectivity index (χ2v) is 16.3. The van der Waals surface area contributed by atoms with Crippen LogP contribution in [0.4, 0.5) is 5.69 Å². The lowest BCUT2D eigenvalue weighted by atomic mass is 9.46. The standard InChI is InChI=1S/C37H42NO10P/c1-35-13-11-24(39)16-23(35)8-9-26-27-17-31-37(30(41)19-46-49(42,43)44,36(27,2)18-29(40)32(26)35)48-34(47-31)21-5-3-20(4-6-21)15-22-7-10-28(38)33-25(22)12-14-45-33/h3-7,10-11,13,16,26-27,29,31-32,34,40H,8-9,12,14-15,17-19,38H2,1-2H3,(H2,42,43,44)/t26-,27-,29-,31+,32+,34+,35-,36-,37+/m0/s1. The van der Waals surface area contributed by atoms with Crippen LogP contribution in [-0.4, -0.2) is 57.5 Å². The maximum absolute atomic E-state index is 14.3. The molecule has 6 aliphatic rings. The van der Waals surface area contributed by atoms with Gasteiger partial charge in [-0.2, -0.15) is 0 Å². The van der Waals surface area contributed by atoms with Crippen LogP contribution in [0.15, 0.2) is 60.2 Å². The van der Waals surface area contributed by atoms with Gasteiger partial charge >= 0.3 is 7.82 Å². The third-order valence-electron chi connectivity index (χ3n) is 12.6. The molecule has 2 aliphatic heterocycles. The van der Waals surface area contributed by atoms with Crippen LogP contribution < -0.4 is 10.5 Å². The van der Waals surface area contributed by atoms with Gasteiger partial charge in [0.25, 0.3) is 0 Å². The molecule has 0 unspecified atom stereocenters. The summed E-state index contributed by atoms with van der Waals surface area (Å²) in [5.74, 6) is -0.165. The number of aliphatic hydroxyl groups excluding tert-OH is 1. The maximum Gasteiger partial charge on any atom is 0.470 e. The van der Waals surface area contributed by atoms with Crippen molar-refractivity contribution in [2.24, 2.45) is 28.6 Å². The van der Waals surface area contributed by atoms with E-state index in [4.69, 9.17) is 24.5 Å². The first kappa shape index (κ1) is 33.0. The number of aliphatic hydroxyl groups is 1. The highest BCUT2D eigenvalue weighted by Crippen LogP contribution is 2.70. The van der Waals surface area contributed by atoms with Crippen molar-refractivity contribution in [2.45, 2.75) is 76.5 Å². The van der Waals surface area contributed by atoms with Crippen molar-refractivity contribution in [3.05, 3.63) is 82.5 Å². The normalized spacial score (nSPS) is 37.4. The average Bonchev–Trinajstić information content (AvgIpc) is 3.75. The highest BCUT2D eigenvalue weighted by Gasteiger charge is 2.76. The number of ether oxygens (including phenoxy) is 3. The van der Waals surface area contributed by atoms with E-state index in [9.17, 15) is 29.0 Å². The van der Waals surface area contributed by atoms with Crippen molar-refractivity contribution in [3.8, 4) is 5.75 Å². The number of nitrogens with two attached hydrogens (primary N) is 1. The average molecular weight is 692 g/mol. The van der Waals surface area contributed by atoms with E-state index < -0.39 is 55.1 Å². The van der Waals surface area contributed by atoms with Crippen LogP contribution in [0.5, 0.6) is 5.75 Å². The second-order valence-electron chi connectivity index (χ2n) is 15.1. The van der Waals surface area contributed by atoms with Crippen molar-refractivity contribution in [3.63, 3.8) is 0 Å². The number of hydrogen-bond donors (Lipinski definition) is 4. The number of carbonyl (C=O) groups is 2. The lowest BCUT2D eigenvalue weighted by molar-refractivity contribution is -0.200. The summed E-state index contributed by atoms with van der Waals surface area (Å²) in [5, 5.41) is 11.9. The Morgan fingerprint density at radius 2 is 1.90 bits per heavy atom. The molecule has 5 N–H and O–H groups in total. The Bertz CT molecular complexity index is 1830. The van der Waals surface area contributed by atoms with Gasteiger partial charge in [-0.25, -0.2) is 4.57 Å². The van der Waals surface area contributed by atoms with Gasteiger partial charge in [-0.3, -0.25) is 14.1 Å². The van der Waals surface area contributed by atoms with Gasteiger partial charge in [0.15, 0.2) is 23.5 Å². The lowest BCUT2D eigenvalue weighted by Crippen LogP contribution is -2.63. The number of rotatable bonds is 7. The third kappa shape index (κ3) is 5.04. The van der Waals surface area contributed by atoms with E-state index in [0.29, 0.717) is 37.1 Å². The van der Waals surface area contributed by atoms with Gasteiger partial charge in [0.1, 0.15) is 12.4 Å². The van der Waals surface area contributed by atoms with E-state index in [2.05, 4.69) is 6.92 Å². The zero-order chi connectivity index (χ0) is 34.5. The Balaban J connectivity index is 1.09. The smallest absolute Gasteiger partial charge is 0.470 e. The van der Waals surface area contributed by atoms with E-state index in [1.807, 2.05) is 49.4 Å². The molecule has 0 radical (unpaired) electrons. The van der Waals surface area contributed by atoms with E-state index >= 15 is 0 Å². The van der Waals surface area contributed by atoms with Crippen LogP contribution in [0, 0.1) is 28.6 Å². The first-order valence-corrected chi connectivity index (χ1v) is 18.6. The van der Waals surface area contributed by atoms with Gasteiger partial charge in [-0.05, 0) is 73.3 Å². The minimum atomic E-state index is -4.96. The highest BCUT2D eigenvalue weighted by molar-refractivity contribution is 7.46. The summed E-state index contributed by atoms with van der Waals surface area (Å²) < 4.78 is 35.6. The Kier molecular flexibility index (Phi) is 7.70. The summed E-state index contributed by atoms with van der Waals surface area (Å²) in [6, 6.07) is 11.7. The molecule has 12 heteroatoms. The number of phosphoric acid groups is 1. The fourth-order valence-corrected chi connectivity index (χ4v) is 10.8. The summed E-state index contributed by atoms with van der Waals surface area (Å²) in [6.07, 6.45) is 6.36. The number of fused-ring (bicyclic) bond motifs is 8. The number of allylic oxidation sites excluding steroid dienone is 4. The first-order chi connectivity index (χ1) is 23.2. The molecule has 3 saturated carbocycles. The predicted molar refractivity (Wildman–Crippen MR) is 177 cm³/mol. The Labute approximate surface area is 284 Å². The number of phosphoric ester groups is 1. The molecule has 8 rings (SSSR count). The van der Waals surface area contributed by atoms with Crippen LogP contribution in [0.3, 0.4) is 0 Å². The Hall–Kier alpha value is -3.15. The number of benzene rings is 2. The molecule has 0 spiro atoms. The summed E-state index contributed by atoms with van der Waals surface area (Å²) in [4.78, 5) is 45.5. The fourth-order valence-electron chi connectivity index (χ4n) is 10.5. The largest absolute Gasteiger partial charge is 0.491 e. The van der Waals surface area contributed by atoms with Crippen molar-refractivity contribution in [1.82, 2.24) is 0 Å². The minimum absolute atomic E-state index is 0.00292. The SMILES string of the molecule is C[C@]12C=CC(=O)C=C1CC[C@@H]1[C@@H]2[C@@H](O)C[C@@]2(C)[C@H]1C[C@H]1O[C@@H](c3ccc(Cc4ccc(N)c5c4CCO5)cc3)O[C@]12C(=O)COP(=O)(O)O. The second kappa shape index (κ2) is 11.4. The summed E-state index contributed by atoms with van der Waals surface area (Å²) in [6.45, 7) is 3.79. The molecule has 11 nitrogen and oxygen atoms in total. The van der Waals surface area contributed by atoms with Crippen LogP contribution >= 0.6 is 7.82 Å². The van der Waals surface area contributed by atoms with Gasteiger partial charge in [0.05, 0.1) is 24.5 Å². The molecule has 0 amide bonds. The van der Waals surface area contributed by atoms with Crippen molar-refractivity contribution < 1.29 is 47.8 Å². The van der Waals surface area contributed by atoms with Crippen LogP contribution in [-0.2, 0) is 41.0 Å². The highest BCUT2D eigenvalue weighted by atomic mass is 31.2. The zero-order valence-corrected chi connectivity index (χ0v) is 28.4. The topological polar surface area (TPSA) is 175 Å². The molecule has 2 aromatic carbocycles. The molecule has 0 aromatic heterocycles. The molecule has 2 heterocycles. The van der Waals surface area contributed by atoms with E-state index in [-0.39, 0.29) is 30.0 Å². The molecular weight excluding hydrogens is 649 g/mol. The van der Waals surface area contributed by atoms with Gasteiger partial charge < -0.3 is 34.8 Å². The van der Waals surface area contributed by atoms with Crippen molar-refractivity contribution in [1.29, 1.82) is 0 Å². The molecule has 1 saturated heterocycles. The quantitative estimate of drug-likeness (QED) is 0.238. The van der Waals surface area contributed by atoms with Crippen LogP contribution in [0.1, 0.15) is 68.1 Å². The molecule has 260 valence electrons. The number of anilines is 1. The number of nitrogen functional groups attached to an aromatic ring is 1. The molecule has 0 bridgehead atoms. The fraction of sp³-hybridized carbons (Fsp3) is 0.514.